The molecule has 0 aromatic heterocycles. The summed E-state index contributed by atoms with van der Waals surface area (Å²) in [7, 11) is -1.64. The molecule has 0 saturated carbocycles. The highest BCUT2D eigenvalue weighted by Gasteiger charge is 2.29. The van der Waals surface area contributed by atoms with Gasteiger partial charge in [0, 0.05) is 32.1 Å². The summed E-state index contributed by atoms with van der Waals surface area (Å²) in [6, 6.07) is 0. The number of hydrogen-bond donors (Lipinski definition) is 0. The van der Waals surface area contributed by atoms with Crippen molar-refractivity contribution >= 4 is 21.8 Å². The van der Waals surface area contributed by atoms with Gasteiger partial charge in [-0.15, -0.1) is 11.6 Å². The molecule has 6 heteroatoms. The summed E-state index contributed by atoms with van der Waals surface area (Å²) in [4.78, 5) is 0. The fourth-order valence-corrected chi connectivity index (χ4v) is 3.39. The normalized spacial score (nSPS) is 21.9. The quantitative estimate of drug-likeness (QED) is 0.723. The average Bonchev–Trinajstić information content (AvgIpc) is 2.26. The maximum atomic E-state index is 12.2. The highest BCUT2D eigenvalue weighted by molar-refractivity contribution is 7.86. The highest BCUT2D eigenvalue weighted by Crippen LogP contribution is 2.20. The van der Waals surface area contributed by atoms with Crippen LogP contribution in [-0.4, -0.2) is 49.1 Å². The van der Waals surface area contributed by atoms with Gasteiger partial charge in [0.2, 0.25) is 0 Å². The minimum absolute atomic E-state index is 0.00836. The van der Waals surface area contributed by atoms with Gasteiger partial charge in [0.05, 0.1) is 0 Å². The number of piperidine rings is 1. The lowest BCUT2D eigenvalue weighted by molar-refractivity contribution is 0.270. The standard InChI is InChI=1S/C11H23ClN2O2S/c1-10-4-8-14(9-5-10)17(15,16)13(3)7-6-11(2)12/h10-11H,4-9H2,1-3H3. The van der Waals surface area contributed by atoms with Gasteiger partial charge in [-0.25, -0.2) is 0 Å². The molecule has 0 amide bonds. The molecule has 0 N–H and O–H groups in total. The number of rotatable bonds is 5. The molecular formula is C11H23ClN2O2S. The van der Waals surface area contributed by atoms with Crippen LogP contribution in [0.2, 0.25) is 0 Å². The van der Waals surface area contributed by atoms with Gasteiger partial charge in [0.25, 0.3) is 10.2 Å². The Hall–Kier alpha value is 0.160. The Morgan fingerprint density at radius 1 is 1.41 bits per heavy atom. The molecule has 1 rings (SSSR count). The Morgan fingerprint density at radius 2 is 1.94 bits per heavy atom. The van der Waals surface area contributed by atoms with Crippen molar-refractivity contribution in [2.75, 3.05) is 26.7 Å². The molecule has 1 aliphatic heterocycles. The van der Waals surface area contributed by atoms with E-state index < -0.39 is 10.2 Å². The van der Waals surface area contributed by atoms with Gasteiger partial charge >= 0.3 is 0 Å². The first kappa shape index (κ1) is 15.2. The molecule has 0 aliphatic carbocycles. The summed E-state index contributed by atoms with van der Waals surface area (Å²) in [6.07, 6.45) is 2.60. The van der Waals surface area contributed by atoms with Crippen molar-refractivity contribution in [3.8, 4) is 0 Å². The van der Waals surface area contributed by atoms with Gasteiger partial charge in [-0.3, -0.25) is 0 Å². The van der Waals surface area contributed by atoms with E-state index in [0.29, 0.717) is 32.0 Å². The molecule has 4 nitrogen and oxygen atoms in total. The molecule has 0 radical (unpaired) electrons. The summed E-state index contributed by atoms with van der Waals surface area (Å²) in [5.41, 5.74) is 0. The lowest BCUT2D eigenvalue weighted by Gasteiger charge is -2.32. The Bertz CT molecular complexity index is 324. The lowest BCUT2D eigenvalue weighted by atomic mass is 10.0. The van der Waals surface area contributed by atoms with Crippen molar-refractivity contribution in [1.29, 1.82) is 0 Å². The number of alkyl halides is 1. The van der Waals surface area contributed by atoms with Crippen LogP contribution in [0.5, 0.6) is 0 Å². The number of nitrogens with zero attached hydrogens (tertiary/aromatic N) is 2. The Labute approximate surface area is 110 Å². The maximum absolute atomic E-state index is 12.2. The summed E-state index contributed by atoms with van der Waals surface area (Å²) in [5, 5.41) is 0.00836. The molecular weight excluding hydrogens is 260 g/mol. The number of hydrogen-bond acceptors (Lipinski definition) is 2. The van der Waals surface area contributed by atoms with E-state index in [1.165, 1.54) is 4.31 Å². The minimum atomic E-state index is -3.27. The van der Waals surface area contributed by atoms with E-state index in [1.807, 2.05) is 6.92 Å². The molecule has 1 aliphatic rings. The van der Waals surface area contributed by atoms with Gasteiger partial charge in [-0.2, -0.15) is 17.0 Å². The Balaban J connectivity index is 2.55. The zero-order chi connectivity index (χ0) is 13.1. The van der Waals surface area contributed by atoms with E-state index in [-0.39, 0.29) is 5.38 Å². The minimum Gasteiger partial charge on any atom is -0.195 e. The first-order valence-electron chi connectivity index (χ1n) is 6.19. The van der Waals surface area contributed by atoms with Crippen LogP contribution in [0.15, 0.2) is 0 Å². The predicted octanol–water partition coefficient (Wildman–Crippen LogP) is 1.91. The third-order valence-corrected chi connectivity index (χ3v) is 5.51. The Kier molecular flexibility index (Phi) is 5.70. The summed E-state index contributed by atoms with van der Waals surface area (Å²) in [5.74, 6) is 0.634. The molecule has 0 aromatic rings. The van der Waals surface area contributed by atoms with Crippen molar-refractivity contribution < 1.29 is 8.42 Å². The highest BCUT2D eigenvalue weighted by atomic mass is 35.5. The zero-order valence-electron chi connectivity index (χ0n) is 10.9. The van der Waals surface area contributed by atoms with Crippen LogP contribution in [0.25, 0.3) is 0 Å². The molecule has 0 bridgehead atoms. The third-order valence-electron chi connectivity index (χ3n) is 3.30. The molecule has 0 spiro atoms. The fourth-order valence-electron chi connectivity index (χ4n) is 1.89. The van der Waals surface area contributed by atoms with E-state index >= 15 is 0 Å². The van der Waals surface area contributed by atoms with Gasteiger partial charge < -0.3 is 0 Å². The Morgan fingerprint density at radius 3 is 2.41 bits per heavy atom. The van der Waals surface area contributed by atoms with Crippen LogP contribution in [0.4, 0.5) is 0 Å². The lowest BCUT2D eigenvalue weighted by Crippen LogP contribution is -2.45. The van der Waals surface area contributed by atoms with Crippen molar-refractivity contribution in [2.24, 2.45) is 5.92 Å². The fraction of sp³-hybridized carbons (Fsp3) is 1.00. The topological polar surface area (TPSA) is 40.6 Å². The van der Waals surface area contributed by atoms with Crippen LogP contribution in [0.1, 0.15) is 33.1 Å². The molecule has 1 heterocycles. The monoisotopic (exact) mass is 282 g/mol. The van der Waals surface area contributed by atoms with Gasteiger partial charge in [0.15, 0.2) is 0 Å². The molecule has 0 aromatic carbocycles. The SMILES string of the molecule is CC(Cl)CCN(C)S(=O)(=O)N1CCC(C)CC1. The third kappa shape index (κ3) is 4.39. The molecule has 102 valence electrons. The van der Waals surface area contributed by atoms with E-state index in [0.717, 1.165) is 12.8 Å². The second-order valence-electron chi connectivity index (χ2n) is 4.98. The molecule has 17 heavy (non-hydrogen) atoms. The van der Waals surface area contributed by atoms with Crippen LogP contribution < -0.4 is 0 Å². The van der Waals surface area contributed by atoms with Crippen molar-refractivity contribution in [3.63, 3.8) is 0 Å². The van der Waals surface area contributed by atoms with Gasteiger partial charge in [-0.1, -0.05) is 6.92 Å². The first-order valence-corrected chi connectivity index (χ1v) is 8.03. The number of halogens is 1. The second kappa shape index (κ2) is 6.36. The van der Waals surface area contributed by atoms with E-state index in [4.69, 9.17) is 11.6 Å². The van der Waals surface area contributed by atoms with Crippen LogP contribution >= 0.6 is 11.6 Å². The smallest absolute Gasteiger partial charge is 0.195 e. The molecule has 1 unspecified atom stereocenters. The van der Waals surface area contributed by atoms with Gasteiger partial charge in [-0.05, 0) is 32.1 Å². The summed E-state index contributed by atoms with van der Waals surface area (Å²) < 4.78 is 27.4. The predicted molar refractivity (Wildman–Crippen MR) is 71.5 cm³/mol. The van der Waals surface area contributed by atoms with Crippen LogP contribution in [-0.2, 0) is 10.2 Å². The van der Waals surface area contributed by atoms with Crippen LogP contribution in [0, 0.1) is 5.92 Å². The average molecular weight is 283 g/mol. The van der Waals surface area contributed by atoms with E-state index in [2.05, 4.69) is 6.92 Å². The molecule has 1 saturated heterocycles. The zero-order valence-corrected chi connectivity index (χ0v) is 12.5. The largest absolute Gasteiger partial charge is 0.281 e. The molecule has 1 fully saturated rings. The van der Waals surface area contributed by atoms with Crippen molar-refractivity contribution in [3.05, 3.63) is 0 Å². The van der Waals surface area contributed by atoms with Crippen LogP contribution in [0.3, 0.4) is 0 Å². The summed E-state index contributed by atoms with van der Waals surface area (Å²) in [6.45, 7) is 5.82. The summed E-state index contributed by atoms with van der Waals surface area (Å²) >= 11 is 5.84. The van der Waals surface area contributed by atoms with Crippen molar-refractivity contribution in [1.82, 2.24) is 8.61 Å². The van der Waals surface area contributed by atoms with E-state index in [1.54, 1.807) is 11.4 Å². The second-order valence-corrected chi connectivity index (χ2v) is 7.76. The maximum Gasteiger partial charge on any atom is 0.281 e. The molecule has 1 atom stereocenters. The van der Waals surface area contributed by atoms with Gasteiger partial charge in [0.1, 0.15) is 0 Å². The van der Waals surface area contributed by atoms with E-state index in [9.17, 15) is 8.42 Å². The first-order chi connectivity index (χ1) is 7.84. The van der Waals surface area contributed by atoms with Crippen molar-refractivity contribution in [2.45, 2.75) is 38.5 Å².